The van der Waals surface area contributed by atoms with Crippen molar-refractivity contribution in [2.75, 3.05) is 13.6 Å². The van der Waals surface area contributed by atoms with Crippen LogP contribution in [0.15, 0.2) is 40.9 Å². The Morgan fingerprint density at radius 2 is 2.21 bits per heavy atom. The molecule has 1 aliphatic rings. The minimum atomic E-state index is -0.303. The fraction of sp³-hybridized carbons (Fsp3) is 0.389. The summed E-state index contributed by atoms with van der Waals surface area (Å²) in [5.41, 5.74) is 0.832. The second-order valence-corrected chi connectivity index (χ2v) is 6.20. The van der Waals surface area contributed by atoms with E-state index in [0.717, 1.165) is 17.2 Å². The molecule has 0 bridgehead atoms. The van der Waals surface area contributed by atoms with E-state index in [0.29, 0.717) is 19.6 Å². The molecule has 6 heteroatoms. The van der Waals surface area contributed by atoms with Crippen LogP contribution in [0.3, 0.4) is 0 Å². The number of hydrogen-bond donors (Lipinski definition) is 0. The molecule has 0 radical (unpaired) electrons. The highest BCUT2D eigenvalue weighted by Crippen LogP contribution is 2.22. The van der Waals surface area contributed by atoms with Crippen molar-refractivity contribution in [2.24, 2.45) is 5.92 Å². The number of rotatable bonds is 5. The van der Waals surface area contributed by atoms with Crippen molar-refractivity contribution in [1.29, 1.82) is 0 Å². The van der Waals surface area contributed by atoms with Gasteiger partial charge in [-0.1, -0.05) is 6.07 Å². The zero-order valence-corrected chi connectivity index (χ0v) is 13.9. The van der Waals surface area contributed by atoms with E-state index in [-0.39, 0.29) is 24.2 Å². The lowest BCUT2D eigenvalue weighted by molar-refractivity contribution is -0.135. The summed E-state index contributed by atoms with van der Waals surface area (Å²) < 4.78 is 5.51. The van der Waals surface area contributed by atoms with Gasteiger partial charge in [0, 0.05) is 26.2 Å². The van der Waals surface area contributed by atoms with Gasteiger partial charge in [-0.25, -0.2) is 0 Å². The highest BCUT2D eigenvalue weighted by Gasteiger charge is 2.35. The maximum atomic E-state index is 12.6. The molecule has 0 spiro atoms. The van der Waals surface area contributed by atoms with Crippen LogP contribution in [0.4, 0.5) is 0 Å². The predicted octanol–water partition coefficient (Wildman–Crippen LogP) is 1.99. The van der Waals surface area contributed by atoms with Gasteiger partial charge in [0.2, 0.25) is 11.8 Å². The number of aromatic nitrogens is 1. The number of nitrogens with zero attached hydrogens (tertiary/aromatic N) is 3. The first-order chi connectivity index (χ1) is 11.5. The third kappa shape index (κ3) is 3.64. The van der Waals surface area contributed by atoms with Gasteiger partial charge < -0.3 is 14.2 Å². The van der Waals surface area contributed by atoms with E-state index < -0.39 is 0 Å². The molecule has 1 atom stereocenters. The number of aryl methyl sites for hydroxylation is 1. The second kappa shape index (κ2) is 6.86. The minimum Gasteiger partial charge on any atom is -0.464 e. The standard InChI is InChI=1S/C18H21N3O3/c1-13-6-7-16(24-13)12-20(2)18(23)14-9-17(22)21(10-14)11-15-5-3-4-8-19-15/h3-8,14H,9-12H2,1-2H3. The Morgan fingerprint density at radius 1 is 1.38 bits per heavy atom. The Morgan fingerprint density at radius 3 is 2.88 bits per heavy atom. The lowest BCUT2D eigenvalue weighted by Crippen LogP contribution is -2.34. The Kier molecular flexibility index (Phi) is 4.64. The molecule has 24 heavy (non-hydrogen) atoms. The molecule has 2 aromatic heterocycles. The van der Waals surface area contributed by atoms with Gasteiger partial charge in [0.25, 0.3) is 0 Å². The average Bonchev–Trinajstić information content (AvgIpc) is 3.14. The minimum absolute atomic E-state index is 0.00115. The van der Waals surface area contributed by atoms with E-state index in [1.807, 2.05) is 37.3 Å². The van der Waals surface area contributed by atoms with Gasteiger partial charge in [-0.3, -0.25) is 14.6 Å². The first kappa shape index (κ1) is 16.2. The van der Waals surface area contributed by atoms with E-state index in [4.69, 9.17) is 4.42 Å². The monoisotopic (exact) mass is 327 g/mol. The molecule has 2 amide bonds. The fourth-order valence-corrected chi connectivity index (χ4v) is 2.97. The van der Waals surface area contributed by atoms with Crippen LogP contribution in [0, 0.1) is 12.8 Å². The number of pyridine rings is 1. The summed E-state index contributed by atoms with van der Waals surface area (Å²) in [5.74, 6) is 1.24. The molecule has 126 valence electrons. The van der Waals surface area contributed by atoms with Crippen molar-refractivity contribution in [3.63, 3.8) is 0 Å². The smallest absolute Gasteiger partial charge is 0.228 e. The van der Waals surface area contributed by atoms with Crippen LogP contribution in [0.1, 0.15) is 23.6 Å². The number of furan rings is 1. The molecule has 3 rings (SSSR count). The molecule has 6 nitrogen and oxygen atoms in total. The normalized spacial score (nSPS) is 17.3. The molecule has 0 N–H and O–H groups in total. The second-order valence-electron chi connectivity index (χ2n) is 6.20. The van der Waals surface area contributed by atoms with Crippen LogP contribution in [0.2, 0.25) is 0 Å². The molecule has 0 saturated carbocycles. The Balaban J connectivity index is 1.59. The first-order valence-electron chi connectivity index (χ1n) is 8.01. The predicted molar refractivity (Wildman–Crippen MR) is 87.7 cm³/mol. The van der Waals surface area contributed by atoms with Crippen LogP contribution in [-0.2, 0) is 22.7 Å². The Hall–Kier alpha value is -2.63. The maximum Gasteiger partial charge on any atom is 0.228 e. The topological polar surface area (TPSA) is 66.7 Å². The van der Waals surface area contributed by atoms with Gasteiger partial charge in [0.05, 0.1) is 24.7 Å². The van der Waals surface area contributed by atoms with Crippen LogP contribution in [-0.4, -0.2) is 40.2 Å². The fourth-order valence-electron chi connectivity index (χ4n) is 2.97. The number of carbonyl (C=O) groups excluding carboxylic acids is 2. The molecule has 3 heterocycles. The van der Waals surface area contributed by atoms with Gasteiger partial charge in [0.15, 0.2) is 0 Å². The largest absolute Gasteiger partial charge is 0.464 e. The molecule has 0 aliphatic carbocycles. The molecular formula is C18H21N3O3. The lowest BCUT2D eigenvalue weighted by atomic mass is 10.1. The van der Waals surface area contributed by atoms with E-state index >= 15 is 0 Å². The summed E-state index contributed by atoms with van der Waals surface area (Å²) in [6.45, 7) is 3.17. The van der Waals surface area contributed by atoms with Gasteiger partial charge >= 0.3 is 0 Å². The van der Waals surface area contributed by atoms with Crippen LogP contribution in [0.5, 0.6) is 0 Å². The number of carbonyl (C=O) groups is 2. The SMILES string of the molecule is Cc1ccc(CN(C)C(=O)C2CC(=O)N(Cc3ccccn3)C2)o1. The van der Waals surface area contributed by atoms with Crippen LogP contribution >= 0.6 is 0 Å². The summed E-state index contributed by atoms with van der Waals surface area (Å²) in [4.78, 5) is 32.3. The molecule has 2 aromatic rings. The maximum absolute atomic E-state index is 12.6. The Bertz CT molecular complexity index is 726. The highest BCUT2D eigenvalue weighted by atomic mass is 16.3. The summed E-state index contributed by atoms with van der Waals surface area (Å²) >= 11 is 0. The quantitative estimate of drug-likeness (QED) is 0.842. The van der Waals surface area contributed by atoms with E-state index in [9.17, 15) is 9.59 Å². The number of amides is 2. The zero-order chi connectivity index (χ0) is 17.1. The van der Waals surface area contributed by atoms with Gasteiger partial charge in [-0.05, 0) is 31.2 Å². The summed E-state index contributed by atoms with van der Waals surface area (Å²) in [6.07, 6.45) is 1.96. The van der Waals surface area contributed by atoms with E-state index in [2.05, 4.69) is 4.98 Å². The number of likely N-dealkylation sites (tertiary alicyclic amines) is 1. The van der Waals surface area contributed by atoms with Crippen LogP contribution in [0.25, 0.3) is 0 Å². The van der Waals surface area contributed by atoms with Gasteiger partial charge in [0.1, 0.15) is 11.5 Å². The first-order valence-corrected chi connectivity index (χ1v) is 8.01. The molecule has 1 unspecified atom stereocenters. The molecular weight excluding hydrogens is 306 g/mol. The van der Waals surface area contributed by atoms with Crippen molar-refractivity contribution in [3.05, 3.63) is 53.7 Å². The van der Waals surface area contributed by atoms with Crippen molar-refractivity contribution in [2.45, 2.75) is 26.4 Å². The van der Waals surface area contributed by atoms with Gasteiger partial charge in [-0.2, -0.15) is 0 Å². The number of hydrogen-bond acceptors (Lipinski definition) is 4. The molecule has 1 aliphatic heterocycles. The van der Waals surface area contributed by atoms with E-state index in [1.165, 1.54) is 0 Å². The van der Waals surface area contributed by atoms with Crippen molar-refractivity contribution in [1.82, 2.24) is 14.8 Å². The molecule has 1 fully saturated rings. The molecule has 0 aromatic carbocycles. The average molecular weight is 327 g/mol. The van der Waals surface area contributed by atoms with Crippen LogP contribution < -0.4 is 0 Å². The highest BCUT2D eigenvalue weighted by molar-refractivity contribution is 5.89. The molecule has 1 saturated heterocycles. The zero-order valence-electron chi connectivity index (χ0n) is 13.9. The summed E-state index contributed by atoms with van der Waals surface area (Å²) in [5, 5.41) is 0. The van der Waals surface area contributed by atoms with Crippen molar-refractivity contribution < 1.29 is 14.0 Å². The third-order valence-corrected chi connectivity index (χ3v) is 4.21. The van der Waals surface area contributed by atoms with Crippen molar-refractivity contribution >= 4 is 11.8 Å². The van der Waals surface area contributed by atoms with Gasteiger partial charge in [-0.15, -0.1) is 0 Å². The Labute approximate surface area is 141 Å². The summed E-state index contributed by atoms with van der Waals surface area (Å²) in [6, 6.07) is 9.36. The third-order valence-electron chi connectivity index (χ3n) is 4.21. The summed E-state index contributed by atoms with van der Waals surface area (Å²) in [7, 11) is 1.74. The van der Waals surface area contributed by atoms with Crippen molar-refractivity contribution in [3.8, 4) is 0 Å². The van der Waals surface area contributed by atoms with E-state index in [1.54, 1.807) is 23.0 Å². The lowest BCUT2D eigenvalue weighted by Gasteiger charge is -2.20.